The van der Waals surface area contributed by atoms with E-state index < -0.39 is 11.7 Å². The maximum atomic E-state index is 12.6. The van der Waals surface area contributed by atoms with Crippen molar-refractivity contribution >= 4 is 5.91 Å². The highest BCUT2D eigenvalue weighted by molar-refractivity contribution is 5.75. The molecule has 1 heterocycles. The molecule has 134 valence electrons. The van der Waals surface area contributed by atoms with E-state index in [4.69, 9.17) is 0 Å². The van der Waals surface area contributed by atoms with Crippen LogP contribution in [-0.2, 0) is 11.0 Å². The fourth-order valence-electron chi connectivity index (χ4n) is 3.22. The fraction of sp³-hybridized carbons (Fsp3) is 0.611. The van der Waals surface area contributed by atoms with E-state index in [1.165, 1.54) is 12.1 Å². The van der Waals surface area contributed by atoms with Gasteiger partial charge in [-0.25, -0.2) is 0 Å². The van der Waals surface area contributed by atoms with Crippen LogP contribution in [0.3, 0.4) is 0 Å². The van der Waals surface area contributed by atoms with E-state index in [-0.39, 0.29) is 18.0 Å². The molecule has 0 unspecified atom stereocenters. The molecule has 1 aromatic carbocycles. The molecule has 0 bridgehead atoms. The summed E-state index contributed by atoms with van der Waals surface area (Å²) in [5.41, 5.74) is 0.209. The monoisotopic (exact) mass is 342 g/mol. The van der Waals surface area contributed by atoms with Crippen molar-refractivity contribution in [3.8, 4) is 0 Å². The molecule has 1 aliphatic heterocycles. The molecule has 1 fully saturated rings. The fourth-order valence-corrected chi connectivity index (χ4v) is 3.22. The standard InChI is InChI=1S/C18H25F3N2O/c1-4-17(24)23-10-9-16(12(2)11-23)22-13(3)14-5-7-15(8-6-14)18(19,20)21/h5-8,12-13,16,22H,4,9-11H2,1-3H3/t12-,13-,16+/m1/s1. The van der Waals surface area contributed by atoms with Crippen LogP contribution in [0.25, 0.3) is 0 Å². The number of hydrogen-bond donors (Lipinski definition) is 1. The Kier molecular flexibility index (Phi) is 5.91. The summed E-state index contributed by atoms with van der Waals surface area (Å²) in [6, 6.07) is 5.53. The number of halogens is 3. The number of piperidine rings is 1. The average molecular weight is 342 g/mol. The number of likely N-dealkylation sites (tertiary alicyclic amines) is 1. The number of carbonyl (C=O) groups is 1. The second kappa shape index (κ2) is 7.55. The molecule has 0 aliphatic carbocycles. The lowest BCUT2D eigenvalue weighted by Gasteiger charge is -2.38. The summed E-state index contributed by atoms with van der Waals surface area (Å²) in [5.74, 6) is 0.488. The highest BCUT2D eigenvalue weighted by atomic mass is 19.4. The first-order valence-corrected chi connectivity index (χ1v) is 8.43. The van der Waals surface area contributed by atoms with Crippen LogP contribution in [0.1, 0.15) is 50.8 Å². The summed E-state index contributed by atoms with van der Waals surface area (Å²) in [4.78, 5) is 13.7. The largest absolute Gasteiger partial charge is 0.416 e. The average Bonchev–Trinajstić information content (AvgIpc) is 2.55. The normalized spacial score (nSPS) is 23.2. The second-order valence-electron chi connectivity index (χ2n) is 6.57. The van der Waals surface area contributed by atoms with Crippen LogP contribution in [0.15, 0.2) is 24.3 Å². The van der Waals surface area contributed by atoms with Crippen LogP contribution in [0.2, 0.25) is 0 Å². The molecule has 0 saturated carbocycles. The van der Waals surface area contributed by atoms with Gasteiger partial charge in [-0.05, 0) is 37.0 Å². The summed E-state index contributed by atoms with van der Waals surface area (Å²) >= 11 is 0. The minimum Gasteiger partial charge on any atom is -0.342 e. The van der Waals surface area contributed by atoms with Gasteiger partial charge in [-0.15, -0.1) is 0 Å². The van der Waals surface area contributed by atoms with Crippen molar-refractivity contribution in [3.05, 3.63) is 35.4 Å². The van der Waals surface area contributed by atoms with Crippen molar-refractivity contribution in [2.45, 2.75) is 51.9 Å². The number of hydrogen-bond acceptors (Lipinski definition) is 2. The molecule has 0 radical (unpaired) electrons. The van der Waals surface area contributed by atoms with Crippen LogP contribution in [0.4, 0.5) is 13.2 Å². The van der Waals surface area contributed by atoms with Crippen molar-refractivity contribution in [2.75, 3.05) is 13.1 Å². The van der Waals surface area contributed by atoms with E-state index in [0.29, 0.717) is 12.3 Å². The number of rotatable bonds is 4. The van der Waals surface area contributed by atoms with E-state index in [1.54, 1.807) is 0 Å². The predicted octanol–water partition coefficient (Wildman–Crippen LogP) is 4.00. The number of amides is 1. The van der Waals surface area contributed by atoms with Gasteiger partial charge in [-0.3, -0.25) is 4.79 Å². The zero-order valence-electron chi connectivity index (χ0n) is 14.4. The lowest BCUT2D eigenvalue weighted by atomic mass is 9.92. The van der Waals surface area contributed by atoms with E-state index in [0.717, 1.165) is 37.2 Å². The smallest absolute Gasteiger partial charge is 0.342 e. The molecule has 1 aliphatic rings. The Morgan fingerprint density at radius 2 is 1.96 bits per heavy atom. The van der Waals surface area contributed by atoms with Gasteiger partial charge in [-0.1, -0.05) is 26.0 Å². The third-order valence-electron chi connectivity index (χ3n) is 4.76. The Morgan fingerprint density at radius 1 is 1.33 bits per heavy atom. The molecule has 3 atom stereocenters. The SMILES string of the molecule is CCC(=O)N1CC[C@H](N[C@H](C)c2ccc(C(F)(F)F)cc2)[C@H](C)C1. The Balaban J connectivity index is 1.95. The van der Waals surface area contributed by atoms with Crippen molar-refractivity contribution < 1.29 is 18.0 Å². The molecule has 24 heavy (non-hydrogen) atoms. The van der Waals surface area contributed by atoms with Gasteiger partial charge < -0.3 is 10.2 Å². The molecular formula is C18H25F3N2O. The third kappa shape index (κ3) is 4.50. The first-order valence-electron chi connectivity index (χ1n) is 8.43. The lowest BCUT2D eigenvalue weighted by molar-refractivity contribution is -0.137. The number of nitrogens with one attached hydrogen (secondary N) is 1. The van der Waals surface area contributed by atoms with Gasteiger partial charge >= 0.3 is 6.18 Å². The molecule has 6 heteroatoms. The Morgan fingerprint density at radius 3 is 2.46 bits per heavy atom. The van der Waals surface area contributed by atoms with Crippen LogP contribution in [-0.4, -0.2) is 29.9 Å². The molecule has 1 N–H and O–H groups in total. The summed E-state index contributed by atoms with van der Waals surface area (Å²) in [6.45, 7) is 7.38. The van der Waals surface area contributed by atoms with Gasteiger partial charge in [0.25, 0.3) is 0 Å². The Hall–Kier alpha value is -1.56. The summed E-state index contributed by atoms with van der Waals surface area (Å²) < 4.78 is 37.9. The van der Waals surface area contributed by atoms with Gasteiger partial charge in [0.15, 0.2) is 0 Å². The molecular weight excluding hydrogens is 317 g/mol. The van der Waals surface area contributed by atoms with Crippen molar-refractivity contribution in [1.29, 1.82) is 0 Å². The van der Waals surface area contributed by atoms with Crippen LogP contribution >= 0.6 is 0 Å². The maximum absolute atomic E-state index is 12.6. The highest BCUT2D eigenvalue weighted by Gasteiger charge is 2.31. The summed E-state index contributed by atoms with van der Waals surface area (Å²) in [5, 5.41) is 3.50. The number of alkyl halides is 3. The number of nitrogens with zero attached hydrogens (tertiary/aromatic N) is 1. The lowest BCUT2D eigenvalue weighted by Crippen LogP contribution is -2.50. The maximum Gasteiger partial charge on any atom is 0.416 e. The number of carbonyl (C=O) groups excluding carboxylic acids is 1. The zero-order chi connectivity index (χ0) is 17.9. The van der Waals surface area contributed by atoms with E-state index in [9.17, 15) is 18.0 Å². The van der Waals surface area contributed by atoms with Gasteiger partial charge in [-0.2, -0.15) is 13.2 Å². The molecule has 2 rings (SSSR count). The third-order valence-corrected chi connectivity index (χ3v) is 4.76. The van der Waals surface area contributed by atoms with Gasteiger partial charge in [0, 0.05) is 31.6 Å². The van der Waals surface area contributed by atoms with Crippen molar-refractivity contribution in [1.82, 2.24) is 10.2 Å². The first kappa shape index (κ1) is 18.8. The predicted molar refractivity (Wildman–Crippen MR) is 87.4 cm³/mol. The minimum atomic E-state index is -4.30. The van der Waals surface area contributed by atoms with Gasteiger partial charge in [0.05, 0.1) is 5.56 Å². The van der Waals surface area contributed by atoms with Gasteiger partial charge in [0.1, 0.15) is 0 Å². The Labute approximate surface area is 141 Å². The molecule has 1 aromatic rings. The topological polar surface area (TPSA) is 32.3 Å². The van der Waals surface area contributed by atoms with Crippen LogP contribution in [0.5, 0.6) is 0 Å². The highest BCUT2D eigenvalue weighted by Crippen LogP contribution is 2.30. The molecule has 1 saturated heterocycles. The van der Waals surface area contributed by atoms with Crippen LogP contribution in [0, 0.1) is 5.92 Å². The minimum absolute atomic E-state index is 0.0341. The molecule has 0 spiro atoms. The van der Waals surface area contributed by atoms with E-state index in [1.807, 2.05) is 18.7 Å². The Bertz CT molecular complexity index is 556. The van der Waals surface area contributed by atoms with Gasteiger partial charge in [0.2, 0.25) is 5.91 Å². The van der Waals surface area contributed by atoms with Crippen LogP contribution < -0.4 is 5.32 Å². The zero-order valence-corrected chi connectivity index (χ0v) is 14.4. The van der Waals surface area contributed by atoms with E-state index in [2.05, 4.69) is 12.2 Å². The second-order valence-corrected chi connectivity index (χ2v) is 6.57. The first-order chi connectivity index (χ1) is 11.2. The van der Waals surface area contributed by atoms with E-state index >= 15 is 0 Å². The molecule has 0 aromatic heterocycles. The summed E-state index contributed by atoms with van der Waals surface area (Å²) in [6.07, 6.45) is -2.92. The number of benzene rings is 1. The van der Waals surface area contributed by atoms with Crippen molar-refractivity contribution in [3.63, 3.8) is 0 Å². The quantitative estimate of drug-likeness (QED) is 0.897. The molecule has 1 amide bonds. The molecule has 3 nitrogen and oxygen atoms in total. The summed E-state index contributed by atoms with van der Waals surface area (Å²) in [7, 11) is 0. The van der Waals surface area contributed by atoms with Crippen molar-refractivity contribution in [2.24, 2.45) is 5.92 Å².